The quantitative estimate of drug-likeness (QED) is 0.862. The van der Waals surface area contributed by atoms with Crippen LogP contribution in [0.25, 0.3) is 0 Å². The summed E-state index contributed by atoms with van der Waals surface area (Å²) in [5, 5.41) is 8.66. The Hall–Kier alpha value is -2.18. The second kappa shape index (κ2) is 6.14. The summed E-state index contributed by atoms with van der Waals surface area (Å²) >= 11 is 0. The van der Waals surface area contributed by atoms with Gasteiger partial charge in [-0.15, -0.1) is 0 Å². The number of amides is 1. The number of piperidine rings is 1. The van der Waals surface area contributed by atoms with Gasteiger partial charge in [-0.3, -0.25) is 9.48 Å². The van der Waals surface area contributed by atoms with E-state index >= 15 is 0 Å². The highest BCUT2D eigenvalue weighted by atomic mass is 16.2. The van der Waals surface area contributed by atoms with Gasteiger partial charge in [-0.1, -0.05) is 0 Å². The molecule has 0 unspecified atom stereocenters. The molecule has 1 aliphatic heterocycles. The van der Waals surface area contributed by atoms with Crippen LogP contribution < -0.4 is 0 Å². The minimum atomic E-state index is -0.168. The number of hydrogen-bond donors (Lipinski definition) is 0. The lowest BCUT2D eigenvalue weighted by Gasteiger charge is -2.34. The monoisotopic (exact) mass is 316 g/mol. The van der Waals surface area contributed by atoms with E-state index in [1.165, 1.54) is 0 Å². The summed E-state index contributed by atoms with van der Waals surface area (Å²) in [6.45, 7) is 7.49. The Morgan fingerprint density at radius 2 is 2.17 bits per heavy atom. The van der Waals surface area contributed by atoms with Gasteiger partial charge in [-0.25, -0.2) is 9.67 Å². The molecule has 23 heavy (non-hydrogen) atoms. The number of aromatic nitrogens is 5. The number of hydrogen-bond acceptors (Lipinski definition) is 4. The van der Waals surface area contributed by atoms with Gasteiger partial charge < -0.3 is 4.90 Å². The first-order valence-electron chi connectivity index (χ1n) is 8.12. The van der Waals surface area contributed by atoms with E-state index in [1.54, 1.807) is 12.7 Å². The Morgan fingerprint density at radius 3 is 2.78 bits per heavy atom. The molecule has 3 rings (SSSR count). The topological polar surface area (TPSA) is 68.8 Å². The van der Waals surface area contributed by atoms with Gasteiger partial charge in [0, 0.05) is 31.4 Å². The van der Waals surface area contributed by atoms with E-state index in [9.17, 15) is 4.79 Å². The second-order valence-electron chi connectivity index (χ2n) is 6.39. The normalized spacial score (nSPS) is 19.8. The molecule has 1 saturated heterocycles. The smallest absolute Gasteiger partial charge is 0.230 e. The van der Waals surface area contributed by atoms with E-state index < -0.39 is 0 Å². The van der Waals surface area contributed by atoms with Crippen molar-refractivity contribution in [1.29, 1.82) is 0 Å². The lowest BCUT2D eigenvalue weighted by atomic mass is 9.96. The van der Waals surface area contributed by atoms with E-state index in [-0.39, 0.29) is 17.9 Å². The lowest BCUT2D eigenvalue weighted by Crippen LogP contribution is -2.42. The van der Waals surface area contributed by atoms with Crippen molar-refractivity contribution in [2.24, 2.45) is 7.05 Å². The molecule has 124 valence electrons. The molecular weight excluding hydrogens is 292 g/mol. The van der Waals surface area contributed by atoms with Gasteiger partial charge in [0.2, 0.25) is 5.91 Å². The van der Waals surface area contributed by atoms with E-state index in [2.05, 4.69) is 15.2 Å². The largest absolute Gasteiger partial charge is 0.340 e. The van der Waals surface area contributed by atoms with Crippen molar-refractivity contribution >= 4 is 5.91 Å². The van der Waals surface area contributed by atoms with Crippen LogP contribution in [0.2, 0.25) is 0 Å². The van der Waals surface area contributed by atoms with E-state index in [0.29, 0.717) is 6.54 Å². The molecule has 2 aromatic rings. The van der Waals surface area contributed by atoms with Crippen LogP contribution in [0.5, 0.6) is 0 Å². The van der Waals surface area contributed by atoms with Crippen LogP contribution in [0.4, 0.5) is 0 Å². The summed E-state index contributed by atoms with van der Waals surface area (Å²) in [4.78, 5) is 18.9. The highest BCUT2D eigenvalue weighted by Crippen LogP contribution is 2.28. The number of carbonyl (C=O) groups is 1. The molecule has 0 bridgehead atoms. The van der Waals surface area contributed by atoms with Gasteiger partial charge >= 0.3 is 0 Å². The van der Waals surface area contributed by atoms with Crippen molar-refractivity contribution in [3.05, 3.63) is 29.6 Å². The third-order valence-corrected chi connectivity index (χ3v) is 4.89. The maximum absolute atomic E-state index is 13.0. The van der Waals surface area contributed by atoms with Crippen molar-refractivity contribution in [3.8, 4) is 0 Å². The third kappa shape index (κ3) is 2.87. The minimum absolute atomic E-state index is 0.168. The Morgan fingerprint density at radius 1 is 1.39 bits per heavy atom. The summed E-state index contributed by atoms with van der Waals surface area (Å²) in [5.41, 5.74) is 3.06. The van der Waals surface area contributed by atoms with Crippen LogP contribution in [-0.2, 0) is 11.8 Å². The van der Waals surface area contributed by atoms with Crippen molar-refractivity contribution in [3.63, 3.8) is 0 Å². The van der Waals surface area contributed by atoms with E-state index in [4.69, 9.17) is 0 Å². The molecule has 0 radical (unpaired) electrons. The Bertz CT molecular complexity index is 690. The predicted molar refractivity (Wildman–Crippen MR) is 86.0 cm³/mol. The molecule has 1 amide bonds. The van der Waals surface area contributed by atoms with E-state index in [1.807, 2.05) is 42.1 Å². The average molecular weight is 316 g/mol. The third-order valence-electron chi connectivity index (χ3n) is 4.89. The van der Waals surface area contributed by atoms with Gasteiger partial charge in [-0.2, -0.15) is 10.2 Å². The van der Waals surface area contributed by atoms with Crippen LogP contribution >= 0.6 is 0 Å². The molecule has 0 saturated carbocycles. The highest BCUT2D eigenvalue weighted by Gasteiger charge is 2.30. The molecule has 3 heterocycles. The number of likely N-dealkylation sites (tertiary alicyclic amines) is 1. The summed E-state index contributed by atoms with van der Waals surface area (Å²) in [6.07, 6.45) is 5.31. The molecule has 1 aliphatic rings. The fourth-order valence-corrected chi connectivity index (χ4v) is 3.59. The molecule has 7 heteroatoms. The maximum Gasteiger partial charge on any atom is 0.230 e. The van der Waals surface area contributed by atoms with Crippen LogP contribution in [0.3, 0.4) is 0 Å². The summed E-state index contributed by atoms with van der Waals surface area (Å²) in [7, 11) is 1.92. The standard InChI is InChI=1S/C16H24N6O/c1-11(15-12(2)19-20(4)13(15)3)16(23)21-7-5-6-14(8-21)22-10-17-9-18-22/h9-11,14H,5-8H2,1-4H3/t11-,14-/m0/s1. The molecule has 0 spiro atoms. The molecule has 0 aromatic carbocycles. The minimum Gasteiger partial charge on any atom is -0.340 e. The Kier molecular flexibility index (Phi) is 4.19. The van der Waals surface area contributed by atoms with Crippen LogP contribution in [-0.4, -0.2) is 48.4 Å². The number of carbonyl (C=O) groups excluding carboxylic acids is 1. The molecular formula is C16H24N6O. The number of nitrogens with zero attached hydrogens (tertiary/aromatic N) is 6. The Labute approximate surface area is 136 Å². The van der Waals surface area contributed by atoms with Crippen LogP contribution in [0.1, 0.15) is 48.7 Å². The highest BCUT2D eigenvalue weighted by molar-refractivity contribution is 5.84. The second-order valence-corrected chi connectivity index (χ2v) is 6.39. The summed E-state index contributed by atoms with van der Waals surface area (Å²) < 4.78 is 3.72. The maximum atomic E-state index is 13.0. The predicted octanol–water partition coefficient (Wildman–Crippen LogP) is 1.60. The molecule has 2 aromatic heterocycles. The van der Waals surface area contributed by atoms with Crippen molar-refractivity contribution < 1.29 is 4.79 Å². The zero-order chi connectivity index (χ0) is 16.6. The Balaban J connectivity index is 1.77. The molecule has 0 N–H and O–H groups in total. The molecule has 0 aliphatic carbocycles. The molecule has 2 atom stereocenters. The van der Waals surface area contributed by atoms with Crippen LogP contribution in [0, 0.1) is 13.8 Å². The first-order chi connectivity index (χ1) is 11.0. The van der Waals surface area contributed by atoms with Gasteiger partial charge in [-0.05, 0) is 33.6 Å². The number of aryl methyl sites for hydroxylation is 2. The van der Waals surface area contributed by atoms with Gasteiger partial charge in [0.1, 0.15) is 12.7 Å². The van der Waals surface area contributed by atoms with Crippen molar-refractivity contribution in [2.45, 2.75) is 45.6 Å². The summed E-state index contributed by atoms with van der Waals surface area (Å²) in [6, 6.07) is 0.221. The van der Waals surface area contributed by atoms with E-state index in [0.717, 1.165) is 36.3 Å². The fraction of sp³-hybridized carbons (Fsp3) is 0.625. The first kappa shape index (κ1) is 15.7. The zero-order valence-corrected chi connectivity index (χ0v) is 14.2. The summed E-state index contributed by atoms with van der Waals surface area (Å²) in [5.74, 6) is 0.00668. The van der Waals surface area contributed by atoms with Gasteiger partial charge in [0.25, 0.3) is 0 Å². The molecule has 1 fully saturated rings. The lowest BCUT2D eigenvalue weighted by molar-refractivity contribution is -0.134. The SMILES string of the molecule is Cc1nn(C)c(C)c1[C@H](C)C(=O)N1CCC[C@H](n2cncn2)C1. The fourth-order valence-electron chi connectivity index (χ4n) is 3.59. The number of rotatable bonds is 3. The average Bonchev–Trinajstić information content (AvgIpc) is 3.16. The first-order valence-corrected chi connectivity index (χ1v) is 8.12. The zero-order valence-electron chi connectivity index (χ0n) is 14.2. The van der Waals surface area contributed by atoms with Crippen LogP contribution in [0.15, 0.2) is 12.7 Å². The van der Waals surface area contributed by atoms with Crippen molar-refractivity contribution in [2.75, 3.05) is 13.1 Å². The van der Waals surface area contributed by atoms with Crippen molar-refractivity contribution in [1.82, 2.24) is 29.4 Å². The molecule has 7 nitrogen and oxygen atoms in total. The van der Waals surface area contributed by atoms with Gasteiger partial charge in [0.15, 0.2) is 0 Å². The van der Waals surface area contributed by atoms with Gasteiger partial charge in [0.05, 0.1) is 17.7 Å².